The molecule has 14 nitrogen and oxygen atoms in total. The van der Waals surface area contributed by atoms with E-state index in [1.165, 1.54) is 99.7 Å². The van der Waals surface area contributed by atoms with Gasteiger partial charge in [-0.2, -0.15) is 0 Å². The molecule has 0 aliphatic carbocycles. The van der Waals surface area contributed by atoms with E-state index in [0.29, 0.717) is 0 Å². The van der Waals surface area contributed by atoms with Crippen molar-refractivity contribution in [2.75, 3.05) is 0 Å². The van der Waals surface area contributed by atoms with Crippen LogP contribution in [-0.4, -0.2) is 65.4 Å². The molecule has 0 spiro atoms. The fraction of sp³-hybridized carbons (Fsp3) is 0.171. The molecule has 0 saturated carbocycles. The molecule has 0 bridgehead atoms. The molecule has 18 aromatic rings. The lowest BCUT2D eigenvalue weighted by Gasteiger charge is -1.95. The molecule has 16 aromatic heterocycles. The number of hydrogen-bond acceptors (Lipinski definition) is 2. The number of aromatic nitrogens is 14. The van der Waals surface area contributed by atoms with Gasteiger partial charge < -0.3 is 46.7 Å². The Kier molecular flexibility index (Phi) is 16.4. The van der Waals surface area contributed by atoms with Crippen LogP contribution < -0.4 is 0 Å². The Bertz CT molecular complexity index is 4960. The summed E-state index contributed by atoms with van der Waals surface area (Å²) in [6, 6.07) is 50.1. The second-order valence-corrected chi connectivity index (χ2v) is 20.7. The molecule has 2 aromatic carbocycles. The maximum atomic E-state index is 4.56. The van der Waals surface area contributed by atoms with Gasteiger partial charge in [0.1, 0.15) is 22.5 Å². The number of imidazole rings is 4. The first-order valence-electron chi connectivity index (χ1n) is 26.9. The third kappa shape index (κ3) is 10.4. The fourth-order valence-corrected chi connectivity index (χ4v) is 11.1. The number of hydrogen-bond donors (Lipinski definition) is 4. The average molecular weight is 1120 g/mol. The highest BCUT2D eigenvalue weighted by Gasteiger charge is 2.11. The van der Waals surface area contributed by atoms with Crippen LogP contribution in [-0.2, 0) is 14.1 Å². The number of nitrogens with one attached hydrogen (secondary N) is 4. The molecule has 0 atom stereocenters. The van der Waals surface area contributed by atoms with Crippen molar-refractivity contribution in [3.05, 3.63) is 242 Å². The fourth-order valence-electron chi connectivity index (χ4n) is 11.1. The lowest BCUT2D eigenvalue weighted by atomic mass is 10.2. The first-order valence-corrected chi connectivity index (χ1v) is 26.9. The molecule has 14 heteroatoms. The van der Waals surface area contributed by atoms with Gasteiger partial charge in [0, 0.05) is 148 Å². The molecule has 4 N–H and O–H groups in total. The van der Waals surface area contributed by atoms with Gasteiger partial charge in [-0.3, -0.25) is 8.80 Å². The van der Waals surface area contributed by atoms with E-state index in [9.17, 15) is 0 Å². The third-order valence-electron chi connectivity index (χ3n) is 15.4. The Morgan fingerprint density at radius 2 is 1.05 bits per heavy atom. The van der Waals surface area contributed by atoms with E-state index < -0.39 is 0 Å². The number of rotatable bonds is 0. The minimum absolute atomic E-state index is 0. The van der Waals surface area contributed by atoms with E-state index in [2.05, 4.69) is 272 Å². The summed E-state index contributed by atoms with van der Waals surface area (Å²) in [5.74, 6) is 1.00. The number of aryl methyl sites for hydroxylation is 8. The van der Waals surface area contributed by atoms with Gasteiger partial charge in [0.25, 0.3) is 0 Å². The zero-order chi connectivity index (χ0) is 54.8. The summed E-state index contributed by atoms with van der Waals surface area (Å²) in [5, 5.41) is 6.50. The molecule has 0 fully saturated rings. The van der Waals surface area contributed by atoms with Gasteiger partial charge in [-0.05, 0) is 126 Å². The maximum Gasteiger partial charge on any atom is 0.214 e. The van der Waals surface area contributed by atoms with Crippen molar-refractivity contribution in [3.8, 4) is 0 Å². The van der Waals surface area contributed by atoms with E-state index in [-0.39, 0.29) is 29.7 Å². The smallest absolute Gasteiger partial charge is 0.214 e. The van der Waals surface area contributed by atoms with E-state index >= 15 is 0 Å². The molecule has 428 valence electrons. The Morgan fingerprint density at radius 3 is 1.86 bits per heavy atom. The van der Waals surface area contributed by atoms with Gasteiger partial charge in [-0.15, -0.1) is 0 Å². The second-order valence-electron chi connectivity index (χ2n) is 20.7. The van der Waals surface area contributed by atoms with Crippen molar-refractivity contribution in [1.82, 2.24) is 65.4 Å². The molecule has 0 radical (unpaired) electrons. The predicted octanol–water partition coefficient (Wildman–Crippen LogP) is 17.7. The quantitative estimate of drug-likeness (QED) is 0.121. The van der Waals surface area contributed by atoms with Gasteiger partial charge in [0.15, 0.2) is 0 Å². The molecule has 0 aliphatic rings. The van der Waals surface area contributed by atoms with Crippen molar-refractivity contribution in [2.24, 2.45) is 14.1 Å². The molecule has 0 aliphatic heterocycles. The van der Waals surface area contributed by atoms with Gasteiger partial charge in [0.05, 0.1) is 33.1 Å². The summed E-state index contributed by atoms with van der Waals surface area (Å²) in [6.45, 7) is 12.5. The Balaban J connectivity index is 0.000000120. The van der Waals surface area contributed by atoms with Crippen molar-refractivity contribution in [2.45, 2.75) is 71.2 Å². The van der Waals surface area contributed by atoms with E-state index in [1.807, 2.05) is 56.6 Å². The third-order valence-corrected chi connectivity index (χ3v) is 15.4. The number of aromatic amines is 4. The van der Waals surface area contributed by atoms with Crippen molar-refractivity contribution < 1.29 is 0 Å². The number of pyridine rings is 4. The summed E-state index contributed by atoms with van der Waals surface area (Å²) in [6.07, 6.45) is 20.9. The largest absolute Gasteiger partial charge is 0.363 e. The van der Waals surface area contributed by atoms with Crippen LogP contribution in [0, 0.1) is 41.5 Å². The first kappa shape index (κ1) is 58.3. The minimum atomic E-state index is 0. The van der Waals surface area contributed by atoms with E-state index in [0.717, 1.165) is 33.8 Å². The Labute approximate surface area is 489 Å². The first-order chi connectivity index (χ1) is 38.9. The monoisotopic (exact) mass is 1110 g/mol. The molecular weight excluding hydrogens is 1040 g/mol. The van der Waals surface area contributed by atoms with Crippen LogP contribution in [0.15, 0.2) is 208 Å². The Hall–Kier alpha value is -10.3. The highest BCUT2D eigenvalue weighted by atomic mass is 15.2. The number of benzene rings is 2. The number of nitrogens with zero attached hydrogens (tertiary/aromatic N) is 10. The van der Waals surface area contributed by atoms with Crippen molar-refractivity contribution in [3.63, 3.8) is 0 Å². The van der Waals surface area contributed by atoms with E-state index in [1.54, 1.807) is 0 Å². The second kappa shape index (κ2) is 23.6. The van der Waals surface area contributed by atoms with Crippen molar-refractivity contribution in [1.29, 1.82) is 0 Å². The summed E-state index contributed by atoms with van der Waals surface area (Å²) in [5.41, 5.74) is 21.5. The SMILES string of the molecule is C.C.C.C.Cc1[nH]cc2c1cc1ccccn12.Cc1[nH]cc2cc3ccccn3c12.Cc1cc2c(cn3ccccc23)n1C.Cc1cc2nc3ccccn3c2[nH]1.Cc1cn2c3ccccc3nc2n1C.Cc1cn2cc3ccccc3c2[nH]1. The topological polar surface area (TPSA) is 125 Å². The molecular formula is C70H78N14. The maximum absolute atomic E-state index is 4.56. The lowest BCUT2D eigenvalue weighted by molar-refractivity contribution is 0.899. The number of fused-ring (bicyclic) bond motifs is 18. The molecule has 18 rings (SSSR count). The van der Waals surface area contributed by atoms with Crippen LogP contribution in [0.4, 0.5) is 0 Å². The summed E-state index contributed by atoms with van der Waals surface area (Å²) >= 11 is 0. The highest BCUT2D eigenvalue weighted by molar-refractivity contribution is 5.97. The number of para-hydroxylation sites is 2. The van der Waals surface area contributed by atoms with Crippen LogP contribution >= 0.6 is 0 Å². The van der Waals surface area contributed by atoms with Gasteiger partial charge in [-0.1, -0.05) is 90.4 Å². The standard InChI is InChI=1S/C12H12N2.C11H11N3.3C11H10N2.C10H9N3.4CH4/c1-9-7-10-11-5-3-4-6-14(11)8-12(10)13(9)2;1-8-7-14-10-6-4-3-5-9(10)12-11(14)13(8)2;1-8-11-9(7-12-8)6-10-4-2-3-5-13(10)11;1-8-10-6-9-4-2-3-5-13(9)11(10)7-12-8;1-8-6-13-7-9-4-2-3-5-10(9)11(13)12-8;1-7-6-8-10(11-7)13-5-3-2-4-9(13)12-8;;;;/h3-8H,1-2H3;3-7H,1-2H3;3*2-7,12H,1H3;2-6,11H,1H3;4*1H4. The summed E-state index contributed by atoms with van der Waals surface area (Å²) in [7, 11) is 4.15. The van der Waals surface area contributed by atoms with Crippen LogP contribution in [0.2, 0.25) is 0 Å². The zero-order valence-electron chi connectivity index (χ0n) is 46.1. The molecule has 0 amide bonds. The van der Waals surface area contributed by atoms with Gasteiger partial charge in [-0.25, -0.2) is 9.97 Å². The zero-order valence-corrected chi connectivity index (χ0v) is 46.1. The summed E-state index contributed by atoms with van der Waals surface area (Å²) in [4.78, 5) is 22.1. The molecule has 84 heavy (non-hydrogen) atoms. The van der Waals surface area contributed by atoms with Gasteiger partial charge in [0.2, 0.25) is 5.78 Å². The summed E-state index contributed by atoms with van der Waals surface area (Å²) < 4.78 is 17.2. The lowest BCUT2D eigenvalue weighted by Crippen LogP contribution is -1.90. The van der Waals surface area contributed by atoms with Crippen LogP contribution in [0.25, 0.3) is 99.3 Å². The predicted molar refractivity (Wildman–Crippen MR) is 356 cm³/mol. The van der Waals surface area contributed by atoms with Crippen LogP contribution in [0.3, 0.4) is 0 Å². The van der Waals surface area contributed by atoms with Crippen LogP contribution in [0.5, 0.6) is 0 Å². The molecule has 0 saturated heterocycles. The number of H-pyrrole nitrogens is 4. The Morgan fingerprint density at radius 1 is 0.393 bits per heavy atom. The minimum Gasteiger partial charge on any atom is -0.363 e. The van der Waals surface area contributed by atoms with Crippen LogP contribution in [0.1, 0.15) is 63.9 Å². The van der Waals surface area contributed by atoms with Crippen molar-refractivity contribution >= 4 is 99.3 Å². The molecule has 16 heterocycles. The van der Waals surface area contributed by atoms with Gasteiger partial charge >= 0.3 is 0 Å². The normalized spacial score (nSPS) is 11.0. The molecule has 0 unspecified atom stereocenters. The highest BCUT2D eigenvalue weighted by Crippen LogP contribution is 2.27. The van der Waals surface area contributed by atoms with E-state index in [4.69, 9.17) is 0 Å². The average Bonchev–Trinajstić information content (AvgIpc) is 2.58.